The predicted molar refractivity (Wildman–Crippen MR) is 112 cm³/mol. The lowest BCUT2D eigenvalue weighted by Gasteiger charge is -2.30. The molecule has 1 aromatic rings. The first-order valence-corrected chi connectivity index (χ1v) is 11.7. The largest absolute Gasteiger partial charge is 0.339 e. The molecule has 1 aromatic carbocycles. The molecular weight excluding hydrogens is 390 g/mol. The number of hydrogen-bond acceptors (Lipinski definition) is 4. The number of rotatable bonds is 5. The summed E-state index contributed by atoms with van der Waals surface area (Å²) in [5, 5.41) is 2.85. The molecule has 2 aliphatic rings. The van der Waals surface area contributed by atoms with Gasteiger partial charge in [-0.2, -0.15) is 4.31 Å². The van der Waals surface area contributed by atoms with Crippen LogP contribution in [0.2, 0.25) is 0 Å². The molecule has 1 N–H and O–H groups in total. The molecule has 0 unspecified atom stereocenters. The molecule has 7 nitrogen and oxygen atoms in total. The van der Waals surface area contributed by atoms with E-state index in [9.17, 15) is 18.0 Å². The third kappa shape index (κ3) is 5.25. The number of anilines is 1. The number of benzene rings is 1. The quantitative estimate of drug-likeness (QED) is 0.744. The topological polar surface area (TPSA) is 86.8 Å². The highest BCUT2D eigenvalue weighted by molar-refractivity contribution is 7.89. The average molecular weight is 420 g/mol. The fourth-order valence-electron chi connectivity index (χ4n) is 3.90. The Kier molecular flexibility index (Phi) is 7.08. The number of carbonyl (C=O) groups is 2. The summed E-state index contributed by atoms with van der Waals surface area (Å²) in [7, 11) is -3.56. The number of sulfonamides is 1. The Bertz CT molecular complexity index is 852. The second-order valence-electron chi connectivity index (χ2n) is 7.64. The lowest BCUT2D eigenvalue weighted by Crippen LogP contribution is -2.40. The maximum absolute atomic E-state index is 13.0. The monoisotopic (exact) mass is 419 g/mol. The van der Waals surface area contributed by atoms with Gasteiger partial charge in [0.15, 0.2) is 0 Å². The van der Waals surface area contributed by atoms with E-state index in [1.165, 1.54) is 12.1 Å². The van der Waals surface area contributed by atoms with Crippen molar-refractivity contribution >= 4 is 27.5 Å². The number of hydrogen-bond donors (Lipinski definition) is 1. The van der Waals surface area contributed by atoms with E-state index in [0.717, 1.165) is 25.7 Å². The zero-order valence-corrected chi connectivity index (χ0v) is 17.5. The minimum atomic E-state index is -3.56. The summed E-state index contributed by atoms with van der Waals surface area (Å²) >= 11 is 0. The van der Waals surface area contributed by atoms with Crippen molar-refractivity contribution in [2.24, 2.45) is 5.92 Å². The van der Waals surface area contributed by atoms with Gasteiger partial charge < -0.3 is 10.2 Å². The number of amides is 2. The Morgan fingerprint density at radius 1 is 1.03 bits per heavy atom. The molecule has 0 aromatic heterocycles. The van der Waals surface area contributed by atoms with Gasteiger partial charge >= 0.3 is 0 Å². The number of nitrogens with zero attached hydrogens (tertiary/aromatic N) is 2. The molecule has 29 heavy (non-hydrogen) atoms. The molecule has 2 heterocycles. The van der Waals surface area contributed by atoms with Crippen LogP contribution in [0.1, 0.15) is 38.5 Å². The third-order valence-electron chi connectivity index (χ3n) is 5.66. The molecular formula is C21H29N3O4S. The Balaban J connectivity index is 1.64. The molecule has 158 valence electrons. The van der Waals surface area contributed by atoms with Crippen LogP contribution < -0.4 is 5.32 Å². The first-order chi connectivity index (χ1) is 13.9. The number of nitrogens with one attached hydrogen (secondary N) is 1. The van der Waals surface area contributed by atoms with Gasteiger partial charge in [0.2, 0.25) is 21.8 Å². The fourth-order valence-corrected chi connectivity index (χ4v) is 5.46. The lowest BCUT2D eigenvalue weighted by atomic mass is 9.95. The van der Waals surface area contributed by atoms with Gasteiger partial charge in [-0.05, 0) is 50.0 Å². The van der Waals surface area contributed by atoms with E-state index in [4.69, 9.17) is 0 Å². The van der Waals surface area contributed by atoms with Crippen LogP contribution in [0.15, 0.2) is 41.8 Å². The molecule has 2 fully saturated rings. The number of likely N-dealkylation sites (tertiary alicyclic amines) is 1. The predicted octanol–water partition coefficient (Wildman–Crippen LogP) is 2.61. The van der Waals surface area contributed by atoms with Crippen molar-refractivity contribution < 1.29 is 18.0 Å². The zero-order valence-electron chi connectivity index (χ0n) is 16.7. The van der Waals surface area contributed by atoms with Gasteiger partial charge in [-0.1, -0.05) is 25.5 Å². The molecule has 0 saturated carbocycles. The van der Waals surface area contributed by atoms with Gasteiger partial charge in [0.05, 0.1) is 4.90 Å². The van der Waals surface area contributed by atoms with Gasteiger partial charge in [-0.3, -0.25) is 9.59 Å². The van der Waals surface area contributed by atoms with Crippen LogP contribution >= 0.6 is 0 Å². The van der Waals surface area contributed by atoms with Crippen molar-refractivity contribution in [1.29, 1.82) is 0 Å². The van der Waals surface area contributed by atoms with Crippen molar-refractivity contribution in [3.05, 3.63) is 36.9 Å². The van der Waals surface area contributed by atoms with E-state index in [-0.39, 0.29) is 22.6 Å². The zero-order chi connectivity index (χ0) is 20.9. The molecule has 0 spiro atoms. The van der Waals surface area contributed by atoms with Crippen LogP contribution in [0.25, 0.3) is 0 Å². The number of carbonyl (C=O) groups excluding carboxylic acids is 2. The molecule has 2 saturated heterocycles. The van der Waals surface area contributed by atoms with E-state index >= 15 is 0 Å². The van der Waals surface area contributed by atoms with Crippen LogP contribution in [-0.4, -0.2) is 55.6 Å². The SMILES string of the molecule is C=CC(=O)N1CCC(C(=O)Nc2cccc(S(=O)(=O)N3CCCCCC3)c2)CC1. The van der Waals surface area contributed by atoms with Gasteiger partial charge in [0.1, 0.15) is 0 Å². The van der Waals surface area contributed by atoms with E-state index in [1.807, 2.05) is 0 Å². The van der Waals surface area contributed by atoms with E-state index in [2.05, 4.69) is 11.9 Å². The highest BCUT2D eigenvalue weighted by atomic mass is 32.2. The average Bonchev–Trinajstić information content (AvgIpc) is 3.03. The molecule has 3 rings (SSSR count). The number of piperidine rings is 1. The van der Waals surface area contributed by atoms with Crippen LogP contribution in [-0.2, 0) is 19.6 Å². The fraction of sp³-hybridized carbons (Fsp3) is 0.524. The Hall–Kier alpha value is -2.19. The van der Waals surface area contributed by atoms with Crippen molar-refractivity contribution in [2.45, 2.75) is 43.4 Å². The molecule has 0 radical (unpaired) electrons. The van der Waals surface area contributed by atoms with Crippen LogP contribution in [0.4, 0.5) is 5.69 Å². The molecule has 0 atom stereocenters. The smallest absolute Gasteiger partial charge is 0.245 e. The summed E-state index contributed by atoms with van der Waals surface area (Å²) in [6.45, 7) is 5.62. The van der Waals surface area contributed by atoms with Gasteiger partial charge in [-0.25, -0.2) is 8.42 Å². The molecule has 0 bridgehead atoms. The Morgan fingerprint density at radius 3 is 2.31 bits per heavy atom. The van der Waals surface area contributed by atoms with Gasteiger partial charge in [0.25, 0.3) is 0 Å². The molecule has 8 heteroatoms. The summed E-state index contributed by atoms with van der Waals surface area (Å²) in [6, 6.07) is 6.48. The maximum Gasteiger partial charge on any atom is 0.245 e. The summed E-state index contributed by atoms with van der Waals surface area (Å²) in [6.07, 6.45) is 6.31. The van der Waals surface area contributed by atoms with Crippen molar-refractivity contribution in [3.63, 3.8) is 0 Å². The van der Waals surface area contributed by atoms with Gasteiger partial charge in [0, 0.05) is 37.8 Å². The lowest BCUT2D eigenvalue weighted by molar-refractivity contribution is -0.130. The van der Waals surface area contributed by atoms with Gasteiger partial charge in [-0.15, -0.1) is 0 Å². The van der Waals surface area contributed by atoms with E-state index < -0.39 is 10.0 Å². The van der Waals surface area contributed by atoms with Crippen molar-refractivity contribution in [2.75, 3.05) is 31.5 Å². The Labute approximate surface area is 172 Å². The highest BCUT2D eigenvalue weighted by Gasteiger charge is 2.28. The second kappa shape index (κ2) is 9.54. The van der Waals surface area contributed by atoms with E-state index in [0.29, 0.717) is 44.7 Å². The third-order valence-corrected chi connectivity index (χ3v) is 7.55. The standard InChI is InChI=1S/C21H29N3O4S/c1-2-20(25)23-14-10-17(11-15-23)21(26)22-18-8-7-9-19(16-18)29(27,28)24-12-5-3-4-6-13-24/h2,7-9,16-17H,1,3-6,10-15H2,(H,22,26). The van der Waals surface area contributed by atoms with Crippen LogP contribution in [0.5, 0.6) is 0 Å². The van der Waals surface area contributed by atoms with Crippen molar-refractivity contribution in [3.8, 4) is 0 Å². The second-order valence-corrected chi connectivity index (χ2v) is 9.58. The molecule has 2 aliphatic heterocycles. The Morgan fingerprint density at radius 2 is 1.69 bits per heavy atom. The van der Waals surface area contributed by atoms with Crippen LogP contribution in [0.3, 0.4) is 0 Å². The first-order valence-electron chi connectivity index (χ1n) is 10.2. The maximum atomic E-state index is 13.0. The molecule has 0 aliphatic carbocycles. The highest BCUT2D eigenvalue weighted by Crippen LogP contribution is 2.24. The summed E-state index contributed by atoms with van der Waals surface area (Å²) in [4.78, 5) is 26.2. The van der Waals surface area contributed by atoms with Crippen LogP contribution in [0, 0.1) is 5.92 Å². The summed E-state index contributed by atoms with van der Waals surface area (Å²) < 4.78 is 27.5. The summed E-state index contributed by atoms with van der Waals surface area (Å²) in [5.41, 5.74) is 0.482. The van der Waals surface area contributed by atoms with E-state index in [1.54, 1.807) is 27.4 Å². The minimum Gasteiger partial charge on any atom is -0.339 e. The normalized spacial score (nSPS) is 19.4. The minimum absolute atomic E-state index is 0.115. The van der Waals surface area contributed by atoms with Crippen molar-refractivity contribution in [1.82, 2.24) is 9.21 Å². The first kappa shape index (κ1) is 21.5. The molecule has 2 amide bonds. The summed E-state index contributed by atoms with van der Waals surface area (Å²) in [5.74, 6) is -0.454.